The second kappa shape index (κ2) is 9.03. The quantitative estimate of drug-likeness (QED) is 0.574. The van der Waals surface area contributed by atoms with Gasteiger partial charge in [0.25, 0.3) is 0 Å². The van der Waals surface area contributed by atoms with Gasteiger partial charge in [0.05, 0.1) is 12.1 Å². The minimum atomic E-state index is -0.494. The molecule has 0 unspecified atom stereocenters. The van der Waals surface area contributed by atoms with Gasteiger partial charge in [-0.1, -0.05) is 29.8 Å². The molecule has 1 fully saturated rings. The predicted octanol–water partition coefficient (Wildman–Crippen LogP) is 2.37. The Morgan fingerprint density at radius 1 is 0.970 bits per heavy atom. The highest BCUT2D eigenvalue weighted by Crippen LogP contribution is 2.27. The van der Waals surface area contributed by atoms with E-state index in [4.69, 9.17) is 16.0 Å². The number of amides is 2. The standard InChI is InChI=1S/C24H25ClN4O4/c25-18-5-6-20-21(15-18)33-24(32)29(20)10-8-22(30)27-13-11-26(12-14-27)16-23(31)28-9-7-17-3-1-2-4-19(17)28/h1-6,15H,7-14,16H2. The Balaban J connectivity index is 1.13. The Hall–Kier alpha value is -3.10. The topological polar surface area (TPSA) is 79.0 Å². The van der Waals surface area contributed by atoms with Crippen LogP contribution >= 0.6 is 11.6 Å². The number of oxazole rings is 1. The lowest BCUT2D eigenvalue weighted by Crippen LogP contribution is -2.51. The molecule has 1 saturated heterocycles. The minimum absolute atomic E-state index is 0.00957. The van der Waals surface area contributed by atoms with Crippen molar-refractivity contribution in [2.75, 3.05) is 44.2 Å². The first-order valence-corrected chi connectivity index (χ1v) is 11.5. The number of rotatable bonds is 5. The number of hydrogen-bond donors (Lipinski definition) is 0. The van der Waals surface area contributed by atoms with Crippen LogP contribution in [0.25, 0.3) is 11.1 Å². The number of halogens is 1. The molecule has 172 valence electrons. The van der Waals surface area contributed by atoms with Crippen LogP contribution in [0, 0.1) is 0 Å². The molecule has 2 aliphatic heterocycles. The van der Waals surface area contributed by atoms with Crippen LogP contribution in [-0.2, 0) is 22.6 Å². The lowest BCUT2D eigenvalue weighted by atomic mass is 10.2. The predicted molar refractivity (Wildman–Crippen MR) is 126 cm³/mol. The van der Waals surface area contributed by atoms with E-state index in [0.717, 1.165) is 18.7 Å². The molecule has 2 aliphatic rings. The van der Waals surface area contributed by atoms with E-state index in [-0.39, 0.29) is 24.8 Å². The maximum Gasteiger partial charge on any atom is 0.419 e. The number of hydrogen-bond acceptors (Lipinski definition) is 5. The largest absolute Gasteiger partial charge is 0.419 e. The van der Waals surface area contributed by atoms with E-state index >= 15 is 0 Å². The molecular weight excluding hydrogens is 444 g/mol. The highest BCUT2D eigenvalue weighted by molar-refractivity contribution is 6.31. The Morgan fingerprint density at radius 2 is 1.76 bits per heavy atom. The van der Waals surface area contributed by atoms with Crippen molar-refractivity contribution in [2.45, 2.75) is 19.4 Å². The van der Waals surface area contributed by atoms with E-state index in [1.165, 1.54) is 10.1 Å². The molecule has 0 spiro atoms. The molecule has 3 aromatic rings. The molecule has 33 heavy (non-hydrogen) atoms. The van der Waals surface area contributed by atoms with Gasteiger partial charge >= 0.3 is 5.76 Å². The molecule has 0 atom stereocenters. The van der Waals surface area contributed by atoms with Crippen molar-refractivity contribution in [3.05, 3.63) is 63.6 Å². The summed E-state index contributed by atoms with van der Waals surface area (Å²) < 4.78 is 6.69. The average Bonchev–Trinajstić information content (AvgIpc) is 3.38. The SMILES string of the molecule is O=C(CCn1c(=O)oc2cc(Cl)ccc21)N1CCN(CC(=O)N2CCc3ccccc32)CC1. The monoisotopic (exact) mass is 468 g/mol. The summed E-state index contributed by atoms with van der Waals surface area (Å²) in [5.74, 6) is -0.400. The fourth-order valence-corrected chi connectivity index (χ4v) is 4.81. The Labute approximate surface area is 195 Å². The summed E-state index contributed by atoms with van der Waals surface area (Å²) in [6.07, 6.45) is 1.10. The number of benzene rings is 2. The summed E-state index contributed by atoms with van der Waals surface area (Å²) in [6, 6.07) is 13.1. The summed E-state index contributed by atoms with van der Waals surface area (Å²) in [7, 11) is 0. The molecule has 0 radical (unpaired) electrons. The van der Waals surface area contributed by atoms with Gasteiger partial charge in [0, 0.05) is 62.5 Å². The normalized spacial score (nSPS) is 16.4. The third kappa shape index (κ3) is 4.41. The second-order valence-corrected chi connectivity index (χ2v) is 8.90. The van der Waals surface area contributed by atoms with Crippen molar-refractivity contribution in [1.29, 1.82) is 0 Å². The van der Waals surface area contributed by atoms with Crippen LogP contribution in [0.15, 0.2) is 51.7 Å². The Kier molecular flexibility index (Phi) is 5.95. The lowest BCUT2D eigenvalue weighted by Gasteiger charge is -2.35. The molecule has 0 aliphatic carbocycles. The van der Waals surface area contributed by atoms with E-state index in [0.29, 0.717) is 48.8 Å². The summed E-state index contributed by atoms with van der Waals surface area (Å²) in [6.45, 7) is 3.78. The van der Waals surface area contributed by atoms with Crippen LogP contribution in [-0.4, -0.2) is 65.4 Å². The third-order valence-electron chi connectivity index (χ3n) is 6.45. The van der Waals surface area contributed by atoms with Gasteiger partial charge in [-0.3, -0.25) is 19.1 Å². The van der Waals surface area contributed by atoms with Crippen LogP contribution in [0.3, 0.4) is 0 Å². The molecule has 0 N–H and O–H groups in total. The van der Waals surface area contributed by atoms with E-state index in [1.54, 1.807) is 23.1 Å². The van der Waals surface area contributed by atoms with Gasteiger partial charge in [0.15, 0.2) is 5.58 Å². The van der Waals surface area contributed by atoms with Crippen LogP contribution in [0.2, 0.25) is 5.02 Å². The zero-order chi connectivity index (χ0) is 22.9. The van der Waals surface area contributed by atoms with Crippen molar-refractivity contribution in [2.24, 2.45) is 0 Å². The van der Waals surface area contributed by atoms with Gasteiger partial charge in [0.1, 0.15) is 0 Å². The summed E-state index contributed by atoms with van der Waals surface area (Å²) >= 11 is 5.95. The number of nitrogens with zero attached hydrogens (tertiary/aromatic N) is 4. The van der Waals surface area contributed by atoms with Gasteiger partial charge in [-0.2, -0.15) is 0 Å². The molecule has 2 aromatic carbocycles. The van der Waals surface area contributed by atoms with Crippen molar-refractivity contribution in [3.8, 4) is 0 Å². The Morgan fingerprint density at radius 3 is 2.58 bits per heavy atom. The van der Waals surface area contributed by atoms with E-state index in [9.17, 15) is 14.4 Å². The number of anilines is 1. The molecule has 8 nitrogen and oxygen atoms in total. The van der Waals surface area contributed by atoms with Crippen molar-refractivity contribution in [3.63, 3.8) is 0 Å². The summed E-state index contributed by atoms with van der Waals surface area (Å²) in [4.78, 5) is 43.5. The number of fused-ring (bicyclic) bond motifs is 2. The molecule has 5 rings (SSSR count). The van der Waals surface area contributed by atoms with Crippen LogP contribution in [0.1, 0.15) is 12.0 Å². The van der Waals surface area contributed by atoms with Crippen molar-refractivity contribution in [1.82, 2.24) is 14.4 Å². The lowest BCUT2D eigenvalue weighted by molar-refractivity contribution is -0.133. The molecule has 2 amide bonds. The van der Waals surface area contributed by atoms with E-state index in [1.807, 2.05) is 23.1 Å². The smallest absolute Gasteiger partial charge is 0.408 e. The van der Waals surface area contributed by atoms with Crippen LogP contribution < -0.4 is 10.7 Å². The zero-order valence-electron chi connectivity index (χ0n) is 18.2. The van der Waals surface area contributed by atoms with Gasteiger partial charge in [-0.05, 0) is 30.2 Å². The third-order valence-corrected chi connectivity index (χ3v) is 6.69. The fourth-order valence-electron chi connectivity index (χ4n) is 4.65. The number of aromatic nitrogens is 1. The van der Waals surface area contributed by atoms with Gasteiger partial charge in [0.2, 0.25) is 11.8 Å². The van der Waals surface area contributed by atoms with Gasteiger partial charge in [-0.25, -0.2) is 4.79 Å². The van der Waals surface area contributed by atoms with E-state index < -0.39 is 5.76 Å². The molecule has 9 heteroatoms. The maximum atomic E-state index is 12.8. The van der Waals surface area contributed by atoms with Gasteiger partial charge in [-0.15, -0.1) is 0 Å². The summed E-state index contributed by atoms with van der Waals surface area (Å²) in [5, 5.41) is 0.491. The van der Waals surface area contributed by atoms with E-state index in [2.05, 4.69) is 11.0 Å². The first-order chi connectivity index (χ1) is 16.0. The number of aryl methyl sites for hydroxylation is 1. The number of para-hydroxylation sites is 1. The molecular formula is C24H25ClN4O4. The zero-order valence-corrected chi connectivity index (χ0v) is 19.0. The number of piperazine rings is 1. The summed E-state index contributed by atoms with van der Waals surface area (Å²) in [5.41, 5.74) is 3.28. The van der Waals surface area contributed by atoms with Crippen molar-refractivity contribution < 1.29 is 14.0 Å². The first kappa shape index (κ1) is 21.7. The second-order valence-electron chi connectivity index (χ2n) is 8.46. The molecule has 3 heterocycles. The number of carbonyl (C=O) groups is 2. The Bertz CT molecular complexity index is 1260. The molecule has 0 saturated carbocycles. The maximum absolute atomic E-state index is 12.8. The van der Waals surface area contributed by atoms with Gasteiger partial charge < -0.3 is 14.2 Å². The fraction of sp³-hybridized carbons (Fsp3) is 0.375. The van der Waals surface area contributed by atoms with Crippen LogP contribution in [0.4, 0.5) is 5.69 Å². The van der Waals surface area contributed by atoms with Crippen molar-refractivity contribution >= 4 is 40.2 Å². The number of carbonyl (C=O) groups excluding carboxylic acids is 2. The molecule has 0 bridgehead atoms. The average molecular weight is 469 g/mol. The first-order valence-electron chi connectivity index (χ1n) is 11.2. The highest BCUT2D eigenvalue weighted by Gasteiger charge is 2.28. The molecule has 1 aromatic heterocycles. The minimum Gasteiger partial charge on any atom is -0.408 e. The highest BCUT2D eigenvalue weighted by atomic mass is 35.5. The van der Waals surface area contributed by atoms with Crippen LogP contribution in [0.5, 0.6) is 0 Å².